The van der Waals surface area contributed by atoms with Crippen molar-refractivity contribution in [2.45, 2.75) is 50.3 Å². The van der Waals surface area contributed by atoms with E-state index in [2.05, 4.69) is 10.6 Å². The highest BCUT2D eigenvalue weighted by Crippen LogP contribution is 2.63. The zero-order valence-electron chi connectivity index (χ0n) is 15.9. The molecule has 4 atom stereocenters. The number of carbonyl (C=O) groups excluding carboxylic acids is 2. The average molecular weight is 391 g/mol. The van der Waals surface area contributed by atoms with Gasteiger partial charge in [0.05, 0.1) is 24.8 Å². The lowest BCUT2D eigenvalue weighted by Crippen LogP contribution is -2.58. The van der Waals surface area contributed by atoms with E-state index in [-0.39, 0.29) is 28.6 Å². The van der Waals surface area contributed by atoms with Gasteiger partial charge in [0.15, 0.2) is 0 Å². The number of rotatable bonds is 5. The molecule has 2 unspecified atom stereocenters. The van der Waals surface area contributed by atoms with Crippen molar-refractivity contribution >= 4 is 29.1 Å². The molecule has 2 N–H and O–H groups in total. The maximum atomic E-state index is 13.0. The van der Waals surface area contributed by atoms with Gasteiger partial charge in [0.25, 0.3) is 0 Å². The van der Waals surface area contributed by atoms with Gasteiger partial charge in [-0.2, -0.15) is 0 Å². The SMILES string of the molecule is COc1ccc(C)cc1NC(=O)CNC(=O)C12C[C@@H]3C[C@@H](CC(Cl)(C3)C1)C2. The third-order valence-electron chi connectivity index (χ3n) is 6.51. The van der Waals surface area contributed by atoms with Crippen LogP contribution in [-0.4, -0.2) is 30.3 Å². The van der Waals surface area contributed by atoms with Gasteiger partial charge in [-0.05, 0) is 75.0 Å². The molecule has 6 heteroatoms. The van der Waals surface area contributed by atoms with Crippen LogP contribution in [0.4, 0.5) is 5.69 Å². The number of benzene rings is 1. The summed E-state index contributed by atoms with van der Waals surface area (Å²) in [6, 6.07) is 5.60. The van der Waals surface area contributed by atoms with E-state index in [0.29, 0.717) is 23.3 Å². The molecule has 1 aromatic rings. The molecule has 4 fully saturated rings. The molecule has 2 amide bonds. The second-order valence-electron chi connectivity index (χ2n) is 8.83. The molecule has 4 aliphatic carbocycles. The Morgan fingerprint density at radius 2 is 1.93 bits per heavy atom. The number of hydrogen-bond donors (Lipinski definition) is 2. The number of ether oxygens (including phenoxy) is 1. The number of halogens is 1. The van der Waals surface area contributed by atoms with Gasteiger partial charge in [-0.3, -0.25) is 9.59 Å². The Labute approximate surface area is 165 Å². The van der Waals surface area contributed by atoms with Crippen molar-refractivity contribution in [2.24, 2.45) is 17.3 Å². The summed E-state index contributed by atoms with van der Waals surface area (Å²) in [6.07, 6.45) is 5.85. The topological polar surface area (TPSA) is 67.4 Å². The van der Waals surface area contributed by atoms with Crippen LogP contribution in [0.25, 0.3) is 0 Å². The highest BCUT2D eigenvalue weighted by atomic mass is 35.5. The standard InChI is InChI=1S/C21H27ClN2O3/c1-13-3-4-17(27-2)16(5-13)24-18(25)11-23-19(26)20-7-14-6-15(8-20)10-21(22,9-14)12-20/h3-5,14-15H,6-12H2,1-2H3,(H,23,26)(H,24,25)/t14-,15+,20?,21?. The molecule has 4 saturated carbocycles. The zero-order valence-corrected chi connectivity index (χ0v) is 16.7. The minimum atomic E-state index is -0.382. The van der Waals surface area contributed by atoms with Crippen molar-refractivity contribution < 1.29 is 14.3 Å². The fraction of sp³-hybridized carbons (Fsp3) is 0.619. The Morgan fingerprint density at radius 3 is 2.56 bits per heavy atom. The summed E-state index contributed by atoms with van der Waals surface area (Å²) in [5, 5.41) is 5.71. The Bertz CT molecular complexity index is 765. The summed E-state index contributed by atoms with van der Waals surface area (Å²) in [5.74, 6) is 1.45. The summed E-state index contributed by atoms with van der Waals surface area (Å²) in [6.45, 7) is 1.91. The number of hydrogen-bond acceptors (Lipinski definition) is 3. The molecule has 5 rings (SSSR count). The van der Waals surface area contributed by atoms with Gasteiger partial charge in [0.1, 0.15) is 5.75 Å². The van der Waals surface area contributed by atoms with Crippen LogP contribution < -0.4 is 15.4 Å². The Morgan fingerprint density at radius 1 is 1.22 bits per heavy atom. The van der Waals surface area contributed by atoms with Gasteiger partial charge in [0.2, 0.25) is 11.8 Å². The number of methoxy groups -OCH3 is 1. The van der Waals surface area contributed by atoms with Crippen LogP contribution in [0.15, 0.2) is 18.2 Å². The zero-order chi connectivity index (χ0) is 19.2. The minimum absolute atomic E-state index is 0.00650. The molecule has 0 spiro atoms. The Kier molecular flexibility index (Phi) is 4.61. The number of nitrogens with one attached hydrogen (secondary N) is 2. The molecule has 0 radical (unpaired) electrons. The van der Waals surface area contributed by atoms with Crippen LogP contribution in [0.3, 0.4) is 0 Å². The first-order valence-electron chi connectivity index (χ1n) is 9.73. The minimum Gasteiger partial charge on any atom is -0.495 e. The van der Waals surface area contributed by atoms with Gasteiger partial charge in [-0.15, -0.1) is 11.6 Å². The molecule has 27 heavy (non-hydrogen) atoms. The van der Waals surface area contributed by atoms with E-state index in [1.54, 1.807) is 7.11 Å². The quantitative estimate of drug-likeness (QED) is 0.754. The summed E-state index contributed by atoms with van der Waals surface area (Å²) < 4.78 is 5.29. The van der Waals surface area contributed by atoms with Gasteiger partial charge in [0, 0.05) is 4.87 Å². The first-order valence-corrected chi connectivity index (χ1v) is 10.1. The molecule has 0 aromatic heterocycles. The van der Waals surface area contributed by atoms with Crippen LogP contribution in [0, 0.1) is 24.2 Å². The molecule has 5 nitrogen and oxygen atoms in total. The van der Waals surface area contributed by atoms with Crippen LogP contribution in [-0.2, 0) is 9.59 Å². The van der Waals surface area contributed by atoms with E-state index < -0.39 is 0 Å². The normalized spacial score (nSPS) is 33.6. The predicted octanol–water partition coefficient (Wildman–Crippen LogP) is 3.64. The van der Waals surface area contributed by atoms with E-state index in [4.69, 9.17) is 16.3 Å². The smallest absolute Gasteiger partial charge is 0.243 e. The molecule has 0 saturated heterocycles. The van der Waals surface area contributed by atoms with E-state index in [1.165, 1.54) is 6.42 Å². The third-order valence-corrected chi connectivity index (χ3v) is 6.95. The van der Waals surface area contributed by atoms with Gasteiger partial charge < -0.3 is 15.4 Å². The van der Waals surface area contributed by atoms with Crippen LogP contribution >= 0.6 is 11.6 Å². The first kappa shape index (κ1) is 18.6. The van der Waals surface area contributed by atoms with Crippen LogP contribution in [0.5, 0.6) is 5.75 Å². The largest absolute Gasteiger partial charge is 0.495 e. The van der Waals surface area contributed by atoms with Crippen LogP contribution in [0.2, 0.25) is 0 Å². The highest BCUT2D eigenvalue weighted by Gasteiger charge is 2.60. The van der Waals surface area contributed by atoms with Gasteiger partial charge >= 0.3 is 0 Å². The van der Waals surface area contributed by atoms with Gasteiger partial charge in [-0.25, -0.2) is 0 Å². The highest BCUT2D eigenvalue weighted by molar-refractivity contribution is 6.24. The fourth-order valence-electron chi connectivity index (χ4n) is 5.88. The molecular formula is C21H27ClN2O3. The van der Waals surface area contributed by atoms with Crippen molar-refractivity contribution in [1.29, 1.82) is 0 Å². The Hall–Kier alpha value is -1.75. The summed E-state index contributed by atoms with van der Waals surface area (Å²) in [5.41, 5.74) is 1.26. The summed E-state index contributed by atoms with van der Waals surface area (Å²) in [4.78, 5) is 25.2. The van der Waals surface area contributed by atoms with E-state index in [1.807, 2.05) is 25.1 Å². The molecule has 0 aliphatic heterocycles. The second kappa shape index (κ2) is 6.69. The molecule has 4 aliphatic rings. The van der Waals surface area contributed by atoms with E-state index in [0.717, 1.165) is 37.7 Å². The van der Waals surface area contributed by atoms with Crippen molar-refractivity contribution in [1.82, 2.24) is 5.32 Å². The summed E-state index contributed by atoms with van der Waals surface area (Å²) in [7, 11) is 1.57. The molecule has 146 valence electrons. The maximum absolute atomic E-state index is 13.0. The van der Waals surface area contributed by atoms with Crippen molar-refractivity contribution in [3.05, 3.63) is 23.8 Å². The molecular weight excluding hydrogens is 364 g/mol. The first-order chi connectivity index (χ1) is 12.8. The molecule has 1 aromatic carbocycles. The third kappa shape index (κ3) is 3.54. The van der Waals surface area contributed by atoms with Crippen molar-refractivity contribution in [3.8, 4) is 5.75 Å². The second-order valence-corrected chi connectivity index (χ2v) is 9.63. The number of aryl methyl sites for hydroxylation is 1. The lowest BCUT2D eigenvalue weighted by Gasteiger charge is -2.59. The lowest BCUT2D eigenvalue weighted by molar-refractivity contribution is -0.145. The maximum Gasteiger partial charge on any atom is 0.243 e. The predicted molar refractivity (Wildman–Crippen MR) is 105 cm³/mol. The summed E-state index contributed by atoms with van der Waals surface area (Å²) >= 11 is 6.81. The van der Waals surface area contributed by atoms with E-state index in [9.17, 15) is 9.59 Å². The monoisotopic (exact) mass is 390 g/mol. The molecule has 4 bridgehead atoms. The van der Waals surface area contributed by atoms with Crippen molar-refractivity contribution in [3.63, 3.8) is 0 Å². The van der Waals surface area contributed by atoms with Gasteiger partial charge in [-0.1, -0.05) is 6.07 Å². The van der Waals surface area contributed by atoms with E-state index >= 15 is 0 Å². The number of anilines is 1. The van der Waals surface area contributed by atoms with Crippen molar-refractivity contribution in [2.75, 3.05) is 19.0 Å². The lowest BCUT2D eigenvalue weighted by atomic mass is 9.49. The van der Waals surface area contributed by atoms with Crippen LogP contribution in [0.1, 0.15) is 44.1 Å². The number of carbonyl (C=O) groups is 2. The number of amides is 2. The Balaban J connectivity index is 1.38. The number of alkyl halides is 1. The fourth-order valence-corrected chi connectivity index (χ4v) is 6.57. The average Bonchev–Trinajstić information content (AvgIpc) is 2.57. The molecule has 0 heterocycles.